The largest absolute Gasteiger partial charge is 2.00 e. The van der Waals surface area contributed by atoms with Gasteiger partial charge in [0.15, 0.2) is 0 Å². The molecule has 0 N–H and O–H groups in total. The van der Waals surface area contributed by atoms with Gasteiger partial charge < -0.3 is 19.4 Å². The van der Waals surface area contributed by atoms with E-state index in [4.69, 9.17) is 0 Å². The Hall–Kier alpha value is -2.17. The summed E-state index contributed by atoms with van der Waals surface area (Å²) in [6.45, 7) is 27.9. The van der Waals surface area contributed by atoms with E-state index in [0.29, 0.717) is 0 Å². The fourth-order valence-electron chi connectivity index (χ4n) is 7.27. The van der Waals surface area contributed by atoms with Crippen LogP contribution in [0.3, 0.4) is 0 Å². The van der Waals surface area contributed by atoms with Crippen molar-refractivity contribution < 1.29 is 21.3 Å². The molecule has 2 aromatic rings. The van der Waals surface area contributed by atoms with Crippen LogP contribution in [0.1, 0.15) is 235 Å². The number of nitrogens with zero attached hydrogens (tertiary/aromatic N) is 2. The SMILES string of the molecule is CCCCC(=C=[N+]=[N-])C=C(c1cc(CCC)c(CCC)c(CCC)c1)c1cc(CCCC)c(CCCC)c(CCCC)c1.[CH2-]CCCCC.[CH2-]CCCCC.[Ni+2]. The van der Waals surface area contributed by atoms with Crippen LogP contribution in [-0.2, 0) is 55.0 Å². The van der Waals surface area contributed by atoms with Gasteiger partial charge in [0.1, 0.15) is 0 Å². The maximum atomic E-state index is 9.58. The molecule has 0 atom stereocenters. The first-order chi connectivity index (χ1) is 26.8. The van der Waals surface area contributed by atoms with Crippen LogP contribution in [0.2, 0.25) is 0 Å². The average molecular weight is 812 g/mol. The molecule has 0 amide bonds. The van der Waals surface area contributed by atoms with Gasteiger partial charge in [-0.25, -0.2) is 0 Å². The van der Waals surface area contributed by atoms with E-state index in [9.17, 15) is 5.53 Å². The standard InChI is InChI=1S/C41H62N2.2C6H13.Ni/c1-8-15-22-32(31-43-42)26-41(37-27-33(19-12-5)39(21-14-7)34(28-37)20-13-6)38-29-35(23-16-9-2)40(25-18-11-4)36(30-38)24-17-10-3;2*1-3-5-6-4-2;/h26-30H,8-25H2,1-7H3;2*1,3-6H2,2H3;/q;2*-1;+2. The first kappa shape index (κ1) is 55.9. The summed E-state index contributed by atoms with van der Waals surface area (Å²) in [7, 11) is 0. The Morgan fingerprint density at radius 2 is 0.875 bits per heavy atom. The summed E-state index contributed by atoms with van der Waals surface area (Å²) < 4.78 is 0. The van der Waals surface area contributed by atoms with E-state index in [2.05, 4.69) is 117 Å². The Balaban J connectivity index is 0. The van der Waals surface area contributed by atoms with Gasteiger partial charge in [0, 0.05) is 0 Å². The molecule has 0 unspecified atom stereocenters. The van der Waals surface area contributed by atoms with E-state index in [-0.39, 0.29) is 16.5 Å². The predicted octanol–water partition coefficient (Wildman–Crippen LogP) is 16.8. The molecule has 0 saturated heterocycles. The van der Waals surface area contributed by atoms with Crippen LogP contribution < -0.4 is 0 Å². The number of allylic oxidation sites excluding steroid dienone is 2. The Labute approximate surface area is 360 Å². The van der Waals surface area contributed by atoms with Crippen molar-refractivity contribution in [1.82, 2.24) is 0 Å². The van der Waals surface area contributed by atoms with E-state index in [0.717, 1.165) is 82.6 Å². The smallest absolute Gasteiger partial charge is 0.348 e. The van der Waals surface area contributed by atoms with Crippen molar-refractivity contribution in [2.75, 3.05) is 0 Å². The van der Waals surface area contributed by atoms with Crippen LogP contribution in [0.4, 0.5) is 0 Å². The first-order valence-electron chi connectivity index (χ1n) is 23.4. The Morgan fingerprint density at radius 3 is 1.21 bits per heavy atom. The molecule has 320 valence electrons. The van der Waals surface area contributed by atoms with Crippen LogP contribution in [0, 0.1) is 13.8 Å². The minimum Gasteiger partial charge on any atom is -0.348 e. The third kappa shape index (κ3) is 23.3. The maximum Gasteiger partial charge on any atom is 2.00 e. The Bertz CT molecular complexity index is 1300. The second kappa shape index (κ2) is 38.4. The van der Waals surface area contributed by atoms with Crippen LogP contribution >= 0.6 is 0 Å². The molecule has 0 aliphatic heterocycles. The van der Waals surface area contributed by atoms with Gasteiger partial charge in [-0.3, -0.25) is 0 Å². The summed E-state index contributed by atoms with van der Waals surface area (Å²) in [5.41, 5.74) is 23.8. The first-order valence-corrected chi connectivity index (χ1v) is 23.4. The Kier molecular flexibility index (Phi) is 38.3. The second-order valence-corrected chi connectivity index (χ2v) is 15.6. The van der Waals surface area contributed by atoms with Gasteiger partial charge in [0.25, 0.3) is 0 Å². The van der Waals surface area contributed by atoms with E-state index in [1.165, 1.54) is 118 Å². The molecule has 0 spiro atoms. The monoisotopic (exact) mass is 811 g/mol. The zero-order valence-corrected chi connectivity index (χ0v) is 39.4. The Morgan fingerprint density at radius 1 is 0.500 bits per heavy atom. The zero-order valence-electron chi connectivity index (χ0n) is 38.4. The van der Waals surface area contributed by atoms with Crippen molar-refractivity contribution >= 4 is 11.4 Å². The molecule has 0 fully saturated rings. The molecule has 0 saturated carbocycles. The van der Waals surface area contributed by atoms with Gasteiger partial charge in [0.05, 0.1) is 5.57 Å². The van der Waals surface area contributed by atoms with Gasteiger partial charge >= 0.3 is 22.4 Å². The van der Waals surface area contributed by atoms with E-state index < -0.39 is 0 Å². The number of unbranched alkanes of at least 4 members (excludes halogenated alkanes) is 10. The van der Waals surface area contributed by atoms with E-state index in [1.807, 2.05) is 0 Å². The summed E-state index contributed by atoms with van der Waals surface area (Å²) >= 11 is 0. The van der Waals surface area contributed by atoms with Gasteiger partial charge in [0.2, 0.25) is 0 Å². The topological polar surface area (TPSA) is 36.4 Å². The number of aryl methyl sites for hydroxylation is 4. The second-order valence-electron chi connectivity index (χ2n) is 15.6. The quantitative estimate of drug-likeness (QED) is 0.0164. The zero-order chi connectivity index (χ0) is 41.1. The molecule has 0 radical (unpaired) electrons. The fraction of sp³-hybridized carbons (Fsp3) is 0.660. The predicted molar refractivity (Wildman–Crippen MR) is 248 cm³/mol. The van der Waals surface area contributed by atoms with Crippen molar-refractivity contribution in [3.05, 3.63) is 99.8 Å². The number of hydrogen-bond acceptors (Lipinski definition) is 0. The van der Waals surface area contributed by atoms with E-state index >= 15 is 0 Å². The molecule has 0 bridgehead atoms. The van der Waals surface area contributed by atoms with Crippen molar-refractivity contribution in [3.63, 3.8) is 0 Å². The number of rotatable bonds is 27. The van der Waals surface area contributed by atoms with Crippen molar-refractivity contribution in [2.24, 2.45) is 0 Å². The molecule has 0 aliphatic rings. The van der Waals surface area contributed by atoms with Crippen LogP contribution in [-0.4, -0.2) is 10.7 Å². The molecule has 2 aromatic carbocycles. The minimum atomic E-state index is 0. The summed E-state index contributed by atoms with van der Waals surface area (Å²) in [4.78, 5) is 3.39. The molecule has 0 aliphatic carbocycles. The van der Waals surface area contributed by atoms with Crippen molar-refractivity contribution in [1.29, 1.82) is 0 Å². The van der Waals surface area contributed by atoms with Crippen molar-refractivity contribution in [3.8, 4) is 0 Å². The van der Waals surface area contributed by atoms with Crippen LogP contribution in [0.15, 0.2) is 35.9 Å². The maximum absolute atomic E-state index is 9.58. The van der Waals surface area contributed by atoms with Gasteiger partial charge in [-0.2, -0.15) is 12.8 Å². The number of hydrogen-bond donors (Lipinski definition) is 0. The van der Waals surface area contributed by atoms with E-state index in [1.54, 1.807) is 22.3 Å². The van der Waals surface area contributed by atoms with Gasteiger partial charge in [-0.05, 0) is 127 Å². The van der Waals surface area contributed by atoms with Crippen LogP contribution in [0.25, 0.3) is 11.1 Å². The minimum absolute atomic E-state index is 0. The van der Waals surface area contributed by atoms with Crippen LogP contribution in [0.5, 0.6) is 0 Å². The summed E-state index contributed by atoms with van der Waals surface area (Å²) in [5.74, 6) is 2.96. The summed E-state index contributed by atoms with van der Waals surface area (Å²) in [6, 6.07) is 10.0. The molecular weight excluding hydrogens is 723 g/mol. The molecule has 2 nitrogen and oxygen atoms in total. The molecule has 2 rings (SSSR count). The average Bonchev–Trinajstić information content (AvgIpc) is 3.19. The van der Waals surface area contributed by atoms with Crippen molar-refractivity contribution in [2.45, 2.75) is 229 Å². The third-order valence-electron chi connectivity index (χ3n) is 10.4. The summed E-state index contributed by atoms with van der Waals surface area (Å²) in [5, 5.41) is 0. The van der Waals surface area contributed by atoms with Gasteiger partial charge in [-0.15, -0.1) is 4.79 Å². The molecule has 56 heavy (non-hydrogen) atoms. The normalized spacial score (nSPS) is 10.7. The third-order valence-corrected chi connectivity index (χ3v) is 10.4. The molecule has 0 aromatic heterocycles. The van der Waals surface area contributed by atoms with Gasteiger partial charge in [-0.1, -0.05) is 170 Å². The molecule has 0 heterocycles. The molecule has 3 heteroatoms. The fourth-order valence-corrected chi connectivity index (χ4v) is 7.27. The molecular formula is C53H88N2Ni. The number of benzene rings is 2. The summed E-state index contributed by atoms with van der Waals surface area (Å²) in [6.07, 6.45) is 33.1.